The molecule has 0 aliphatic carbocycles. The fourth-order valence-electron chi connectivity index (χ4n) is 3.75. The summed E-state index contributed by atoms with van der Waals surface area (Å²) < 4.78 is 5.37. The van der Waals surface area contributed by atoms with Crippen LogP contribution in [0.25, 0.3) is 5.57 Å². The Labute approximate surface area is 177 Å². The van der Waals surface area contributed by atoms with Crippen LogP contribution >= 0.6 is 23.2 Å². The molecule has 28 heavy (non-hydrogen) atoms. The molecule has 0 N–H and O–H groups in total. The van der Waals surface area contributed by atoms with Crippen molar-refractivity contribution < 1.29 is 4.74 Å². The summed E-state index contributed by atoms with van der Waals surface area (Å²) in [6.07, 6.45) is 5.17. The van der Waals surface area contributed by atoms with Gasteiger partial charge in [0.1, 0.15) is 11.4 Å². The van der Waals surface area contributed by atoms with E-state index in [-0.39, 0.29) is 5.54 Å². The van der Waals surface area contributed by atoms with Crippen LogP contribution in [0.3, 0.4) is 0 Å². The minimum Gasteiger partial charge on any atom is -0.494 e. The van der Waals surface area contributed by atoms with E-state index >= 15 is 0 Å². The molecule has 1 heterocycles. The molecular weight excluding hydrogens is 391 g/mol. The number of nitrogens with zero attached hydrogens (tertiary/aromatic N) is 2. The van der Waals surface area contributed by atoms with E-state index in [1.807, 2.05) is 0 Å². The lowest BCUT2D eigenvalue weighted by atomic mass is 9.88. The van der Waals surface area contributed by atoms with Crippen LogP contribution in [0.15, 0.2) is 41.4 Å². The van der Waals surface area contributed by atoms with Crippen molar-refractivity contribution in [1.29, 1.82) is 0 Å². The van der Waals surface area contributed by atoms with Crippen LogP contribution in [0, 0.1) is 0 Å². The van der Waals surface area contributed by atoms with Crippen molar-refractivity contribution in [3.63, 3.8) is 0 Å². The van der Waals surface area contributed by atoms with E-state index in [4.69, 9.17) is 27.9 Å². The second-order valence-electron chi connectivity index (χ2n) is 7.60. The van der Waals surface area contributed by atoms with Gasteiger partial charge in [0.15, 0.2) is 0 Å². The van der Waals surface area contributed by atoms with Crippen LogP contribution in [0.2, 0.25) is 10.0 Å². The Bertz CT molecular complexity index is 948. The number of ether oxygens (including phenoxy) is 1. The molecule has 0 saturated heterocycles. The summed E-state index contributed by atoms with van der Waals surface area (Å²) in [5, 5.41) is 1.29. The summed E-state index contributed by atoms with van der Waals surface area (Å²) in [6, 6.07) is 9.54. The molecule has 0 radical (unpaired) electrons. The maximum Gasteiger partial charge on any atom is 0.144 e. The number of hydrogen-bond donors (Lipinski definition) is 0. The first-order valence-electron chi connectivity index (χ1n) is 9.45. The Morgan fingerprint density at radius 3 is 2.61 bits per heavy atom. The number of benzene rings is 2. The number of halogens is 2. The molecule has 0 unspecified atom stereocenters. The number of hydrogen-bond acceptors (Lipinski definition) is 3. The summed E-state index contributed by atoms with van der Waals surface area (Å²) >= 11 is 12.7. The molecule has 2 aromatic carbocycles. The molecule has 3 rings (SSSR count). The van der Waals surface area contributed by atoms with Crippen LogP contribution < -0.4 is 9.64 Å². The Morgan fingerprint density at radius 1 is 1.18 bits per heavy atom. The van der Waals surface area contributed by atoms with Gasteiger partial charge in [0.05, 0.1) is 17.7 Å². The van der Waals surface area contributed by atoms with Gasteiger partial charge < -0.3 is 9.64 Å². The SMILES string of the molecule is CCCN1c2cc(Cl)c(C=Nc3cc(Cl)ccc3OC)cc2C(C)=CC1(C)C. The molecule has 2 aromatic rings. The maximum atomic E-state index is 6.64. The number of methoxy groups -OCH3 is 1. The summed E-state index contributed by atoms with van der Waals surface area (Å²) in [6.45, 7) is 9.81. The number of allylic oxidation sites excluding steroid dienone is 1. The predicted molar refractivity (Wildman–Crippen MR) is 122 cm³/mol. The van der Waals surface area contributed by atoms with Crippen molar-refractivity contribution in [2.75, 3.05) is 18.6 Å². The molecule has 0 atom stereocenters. The third-order valence-corrected chi connectivity index (χ3v) is 5.59. The lowest BCUT2D eigenvalue weighted by Gasteiger charge is -2.43. The fraction of sp³-hybridized carbons (Fsp3) is 0.348. The molecule has 1 aliphatic heterocycles. The molecule has 0 bridgehead atoms. The van der Waals surface area contributed by atoms with Gasteiger partial charge in [-0.15, -0.1) is 0 Å². The Kier molecular flexibility index (Phi) is 6.07. The van der Waals surface area contributed by atoms with Gasteiger partial charge in [-0.1, -0.05) is 36.2 Å². The summed E-state index contributed by atoms with van der Waals surface area (Å²) in [4.78, 5) is 6.99. The van der Waals surface area contributed by atoms with Crippen LogP contribution in [0.5, 0.6) is 5.75 Å². The fourth-order valence-corrected chi connectivity index (χ4v) is 4.12. The van der Waals surface area contributed by atoms with Crippen molar-refractivity contribution >= 4 is 46.4 Å². The lowest BCUT2D eigenvalue weighted by Crippen LogP contribution is -2.45. The minimum absolute atomic E-state index is 0.0415. The average molecular weight is 417 g/mol. The minimum atomic E-state index is -0.0415. The van der Waals surface area contributed by atoms with Gasteiger partial charge in [-0.25, -0.2) is 0 Å². The average Bonchev–Trinajstić information content (AvgIpc) is 2.63. The van der Waals surface area contributed by atoms with Gasteiger partial charge in [-0.3, -0.25) is 4.99 Å². The van der Waals surface area contributed by atoms with Gasteiger partial charge in [-0.05, 0) is 63.1 Å². The highest BCUT2D eigenvalue weighted by Gasteiger charge is 2.31. The van der Waals surface area contributed by atoms with E-state index in [0.717, 1.165) is 18.5 Å². The first-order chi connectivity index (χ1) is 13.3. The third kappa shape index (κ3) is 4.06. The molecule has 3 nitrogen and oxygen atoms in total. The van der Waals surface area contributed by atoms with Crippen LogP contribution in [-0.4, -0.2) is 25.4 Å². The number of rotatable bonds is 5. The molecule has 148 valence electrons. The molecular formula is C23H26Cl2N2O. The first kappa shape index (κ1) is 20.8. The molecule has 0 fully saturated rings. The highest BCUT2D eigenvalue weighted by molar-refractivity contribution is 6.33. The summed E-state index contributed by atoms with van der Waals surface area (Å²) in [5.74, 6) is 0.668. The largest absolute Gasteiger partial charge is 0.494 e. The molecule has 5 heteroatoms. The van der Waals surface area contributed by atoms with E-state index in [1.165, 1.54) is 16.8 Å². The normalized spacial score (nSPS) is 15.5. The van der Waals surface area contributed by atoms with Crippen molar-refractivity contribution in [3.8, 4) is 5.75 Å². The molecule has 0 spiro atoms. The van der Waals surface area contributed by atoms with E-state index in [1.54, 1.807) is 31.5 Å². The monoisotopic (exact) mass is 416 g/mol. The molecule has 1 aliphatic rings. The zero-order valence-corrected chi connectivity index (χ0v) is 18.5. The van der Waals surface area contributed by atoms with Crippen molar-refractivity contribution in [2.45, 2.75) is 39.7 Å². The smallest absolute Gasteiger partial charge is 0.144 e. The van der Waals surface area contributed by atoms with Crippen LogP contribution in [0.1, 0.15) is 45.2 Å². The van der Waals surface area contributed by atoms with Gasteiger partial charge >= 0.3 is 0 Å². The van der Waals surface area contributed by atoms with Gasteiger partial charge in [0.2, 0.25) is 0 Å². The molecule has 0 aromatic heterocycles. The second-order valence-corrected chi connectivity index (χ2v) is 8.44. The van der Waals surface area contributed by atoms with Crippen LogP contribution in [0.4, 0.5) is 11.4 Å². The van der Waals surface area contributed by atoms with Gasteiger partial charge in [-0.2, -0.15) is 0 Å². The van der Waals surface area contributed by atoms with E-state index in [9.17, 15) is 0 Å². The zero-order valence-electron chi connectivity index (χ0n) is 17.0. The quantitative estimate of drug-likeness (QED) is 0.482. The highest BCUT2D eigenvalue weighted by atomic mass is 35.5. The molecule has 0 saturated carbocycles. The second kappa shape index (κ2) is 8.18. The number of anilines is 1. The highest BCUT2D eigenvalue weighted by Crippen LogP contribution is 2.41. The van der Waals surface area contributed by atoms with Crippen molar-refractivity contribution in [2.24, 2.45) is 4.99 Å². The van der Waals surface area contributed by atoms with Crippen molar-refractivity contribution in [1.82, 2.24) is 0 Å². The lowest BCUT2D eigenvalue weighted by molar-refractivity contribution is 0.416. The number of aliphatic imine (C=N–C) groups is 1. The Hall–Kier alpha value is -1.97. The zero-order chi connectivity index (χ0) is 20.5. The van der Waals surface area contributed by atoms with Crippen LogP contribution in [-0.2, 0) is 0 Å². The topological polar surface area (TPSA) is 24.8 Å². The van der Waals surface area contributed by atoms with E-state index in [2.05, 4.69) is 55.8 Å². The summed E-state index contributed by atoms with van der Waals surface area (Å²) in [7, 11) is 1.62. The van der Waals surface area contributed by atoms with Gasteiger partial charge in [0.25, 0.3) is 0 Å². The third-order valence-electron chi connectivity index (χ3n) is 5.03. The molecule has 0 amide bonds. The van der Waals surface area contributed by atoms with E-state index in [0.29, 0.717) is 21.5 Å². The van der Waals surface area contributed by atoms with E-state index < -0.39 is 0 Å². The Morgan fingerprint density at radius 2 is 1.93 bits per heavy atom. The Balaban J connectivity index is 2.05. The standard InChI is InChI=1S/C23H26Cl2N2O/c1-6-9-27-21-12-19(25)16(10-18(21)15(2)13-23(27,3)4)14-26-20-11-17(24)7-8-22(20)28-5/h7-8,10-14H,6,9H2,1-5H3. The van der Waals surface area contributed by atoms with Crippen molar-refractivity contribution in [3.05, 3.63) is 57.6 Å². The first-order valence-corrected chi connectivity index (χ1v) is 10.2. The number of fused-ring (bicyclic) bond motifs is 1. The maximum absolute atomic E-state index is 6.64. The predicted octanol–water partition coefficient (Wildman–Crippen LogP) is 7.16. The summed E-state index contributed by atoms with van der Waals surface area (Å²) in [5.41, 5.74) is 5.11. The van der Waals surface area contributed by atoms with Gasteiger partial charge in [0, 0.05) is 34.6 Å².